The molecule has 2 aromatic heterocycles. The molecular formula is C16H16N2OS. The van der Waals surface area contributed by atoms with E-state index >= 15 is 0 Å². The third kappa shape index (κ3) is 2.75. The predicted molar refractivity (Wildman–Crippen MR) is 83.0 cm³/mol. The summed E-state index contributed by atoms with van der Waals surface area (Å²) in [6.07, 6.45) is 1.83. The van der Waals surface area contributed by atoms with Gasteiger partial charge in [-0.1, -0.05) is 0 Å². The maximum absolute atomic E-state index is 5.63. The first-order valence-corrected chi connectivity index (χ1v) is 7.43. The van der Waals surface area contributed by atoms with E-state index in [2.05, 4.69) is 41.5 Å². The number of nitrogens with one attached hydrogen (secondary N) is 1. The lowest BCUT2D eigenvalue weighted by atomic mass is 10.2. The molecule has 0 amide bonds. The van der Waals surface area contributed by atoms with Crippen molar-refractivity contribution in [3.05, 3.63) is 59.5 Å². The van der Waals surface area contributed by atoms with Gasteiger partial charge in [0.2, 0.25) is 0 Å². The van der Waals surface area contributed by atoms with E-state index in [1.807, 2.05) is 30.6 Å². The third-order valence-electron chi connectivity index (χ3n) is 3.14. The molecule has 2 heterocycles. The summed E-state index contributed by atoms with van der Waals surface area (Å²) in [4.78, 5) is 4.31. The Morgan fingerprint density at radius 1 is 1.15 bits per heavy atom. The van der Waals surface area contributed by atoms with Crippen LogP contribution in [0.2, 0.25) is 0 Å². The van der Waals surface area contributed by atoms with Crippen LogP contribution in [0.5, 0.6) is 0 Å². The molecule has 1 unspecified atom stereocenters. The van der Waals surface area contributed by atoms with Gasteiger partial charge in [-0.05, 0) is 50.2 Å². The number of hydrogen-bond acceptors (Lipinski definition) is 4. The molecule has 0 aliphatic carbocycles. The summed E-state index contributed by atoms with van der Waals surface area (Å²) >= 11 is 1.65. The van der Waals surface area contributed by atoms with Gasteiger partial charge in [-0.2, -0.15) is 0 Å². The van der Waals surface area contributed by atoms with Crippen LogP contribution in [0.25, 0.3) is 10.6 Å². The Kier molecular flexibility index (Phi) is 3.56. The van der Waals surface area contributed by atoms with Crippen molar-refractivity contribution >= 4 is 17.0 Å². The second-order valence-electron chi connectivity index (χ2n) is 4.73. The highest BCUT2D eigenvalue weighted by molar-refractivity contribution is 7.13. The standard InChI is InChI=1S/C16H16N2OS/c1-11-3-8-15(19-11)12(2)18-14-6-4-13(5-7-14)16-17-9-10-20-16/h3-10,12,18H,1-2H3. The van der Waals surface area contributed by atoms with Crippen molar-refractivity contribution in [3.8, 4) is 10.6 Å². The average Bonchev–Trinajstić information content (AvgIpc) is 3.10. The third-order valence-corrected chi connectivity index (χ3v) is 3.96. The molecule has 0 saturated heterocycles. The highest BCUT2D eigenvalue weighted by atomic mass is 32.1. The Bertz CT molecular complexity index is 671. The first-order chi connectivity index (χ1) is 9.72. The smallest absolute Gasteiger partial charge is 0.126 e. The summed E-state index contributed by atoms with van der Waals surface area (Å²) in [7, 11) is 0. The molecule has 3 aromatic rings. The lowest BCUT2D eigenvalue weighted by Gasteiger charge is -2.13. The van der Waals surface area contributed by atoms with E-state index in [-0.39, 0.29) is 6.04 Å². The van der Waals surface area contributed by atoms with Crippen molar-refractivity contribution in [1.82, 2.24) is 4.98 Å². The summed E-state index contributed by atoms with van der Waals surface area (Å²) < 4.78 is 5.63. The van der Waals surface area contributed by atoms with Gasteiger partial charge in [0.05, 0.1) is 6.04 Å². The first-order valence-electron chi connectivity index (χ1n) is 6.55. The molecule has 0 radical (unpaired) electrons. The fourth-order valence-electron chi connectivity index (χ4n) is 2.08. The van der Waals surface area contributed by atoms with Crippen LogP contribution in [0.1, 0.15) is 24.5 Å². The zero-order chi connectivity index (χ0) is 13.9. The fraction of sp³-hybridized carbons (Fsp3) is 0.188. The van der Waals surface area contributed by atoms with Crippen LogP contribution in [0.15, 0.2) is 52.4 Å². The van der Waals surface area contributed by atoms with Gasteiger partial charge in [-0.25, -0.2) is 4.98 Å². The summed E-state index contributed by atoms with van der Waals surface area (Å²) in [5, 5.41) is 6.47. The Balaban J connectivity index is 1.72. The molecule has 3 nitrogen and oxygen atoms in total. The number of aryl methyl sites for hydroxylation is 1. The first kappa shape index (κ1) is 12.9. The van der Waals surface area contributed by atoms with Crippen molar-refractivity contribution in [2.45, 2.75) is 19.9 Å². The number of aromatic nitrogens is 1. The average molecular weight is 284 g/mol. The number of anilines is 1. The number of furan rings is 1. The number of nitrogens with zero attached hydrogens (tertiary/aromatic N) is 1. The molecule has 0 fully saturated rings. The summed E-state index contributed by atoms with van der Waals surface area (Å²) in [6, 6.07) is 12.5. The Labute approximate surface area is 122 Å². The van der Waals surface area contributed by atoms with Crippen molar-refractivity contribution in [2.24, 2.45) is 0 Å². The summed E-state index contributed by atoms with van der Waals surface area (Å²) in [5.74, 6) is 1.89. The summed E-state index contributed by atoms with van der Waals surface area (Å²) in [6.45, 7) is 4.05. The Hall–Kier alpha value is -2.07. The van der Waals surface area contributed by atoms with Crippen LogP contribution in [-0.4, -0.2) is 4.98 Å². The van der Waals surface area contributed by atoms with E-state index in [0.717, 1.165) is 27.8 Å². The molecule has 0 aliphatic heterocycles. The molecule has 1 atom stereocenters. The Morgan fingerprint density at radius 3 is 2.55 bits per heavy atom. The van der Waals surface area contributed by atoms with E-state index in [0.29, 0.717) is 0 Å². The van der Waals surface area contributed by atoms with E-state index in [9.17, 15) is 0 Å². The molecule has 1 aromatic carbocycles. The maximum Gasteiger partial charge on any atom is 0.126 e. The molecule has 0 aliphatic rings. The van der Waals surface area contributed by atoms with E-state index in [4.69, 9.17) is 4.42 Å². The summed E-state index contributed by atoms with van der Waals surface area (Å²) in [5.41, 5.74) is 2.22. The van der Waals surface area contributed by atoms with Crippen molar-refractivity contribution in [3.63, 3.8) is 0 Å². The highest BCUT2D eigenvalue weighted by Gasteiger charge is 2.09. The second-order valence-corrected chi connectivity index (χ2v) is 5.62. The van der Waals surface area contributed by atoms with Gasteiger partial charge in [0, 0.05) is 22.8 Å². The van der Waals surface area contributed by atoms with Crippen molar-refractivity contribution < 1.29 is 4.42 Å². The normalized spacial score (nSPS) is 12.3. The van der Waals surface area contributed by atoms with Crippen LogP contribution in [0.3, 0.4) is 0 Å². The molecule has 102 valence electrons. The molecule has 1 N–H and O–H groups in total. The predicted octanol–water partition coefficient (Wildman–Crippen LogP) is 4.88. The second kappa shape index (κ2) is 5.51. The monoisotopic (exact) mass is 284 g/mol. The van der Waals surface area contributed by atoms with Gasteiger partial charge in [-0.3, -0.25) is 0 Å². The van der Waals surface area contributed by atoms with Crippen LogP contribution in [0, 0.1) is 6.92 Å². The lowest BCUT2D eigenvalue weighted by molar-refractivity contribution is 0.467. The van der Waals surface area contributed by atoms with Gasteiger partial charge in [-0.15, -0.1) is 11.3 Å². The van der Waals surface area contributed by atoms with Crippen LogP contribution in [0.4, 0.5) is 5.69 Å². The van der Waals surface area contributed by atoms with E-state index in [1.165, 1.54) is 0 Å². The molecule has 0 spiro atoms. The van der Waals surface area contributed by atoms with Gasteiger partial charge in [0.25, 0.3) is 0 Å². The number of benzene rings is 1. The highest BCUT2D eigenvalue weighted by Crippen LogP contribution is 2.25. The van der Waals surface area contributed by atoms with Gasteiger partial charge in [0.15, 0.2) is 0 Å². The topological polar surface area (TPSA) is 38.1 Å². The van der Waals surface area contributed by atoms with Crippen LogP contribution in [-0.2, 0) is 0 Å². The van der Waals surface area contributed by atoms with Gasteiger partial charge >= 0.3 is 0 Å². The van der Waals surface area contributed by atoms with Gasteiger partial charge < -0.3 is 9.73 Å². The van der Waals surface area contributed by atoms with Crippen LogP contribution >= 0.6 is 11.3 Å². The van der Waals surface area contributed by atoms with Crippen LogP contribution < -0.4 is 5.32 Å². The molecule has 20 heavy (non-hydrogen) atoms. The minimum absolute atomic E-state index is 0.148. The lowest BCUT2D eigenvalue weighted by Crippen LogP contribution is -2.05. The molecular weight excluding hydrogens is 268 g/mol. The zero-order valence-corrected chi connectivity index (χ0v) is 12.3. The largest absolute Gasteiger partial charge is 0.464 e. The maximum atomic E-state index is 5.63. The molecule has 4 heteroatoms. The molecule has 0 bridgehead atoms. The molecule has 0 saturated carbocycles. The zero-order valence-electron chi connectivity index (χ0n) is 11.5. The van der Waals surface area contributed by atoms with Crippen molar-refractivity contribution in [1.29, 1.82) is 0 Å². The molecule has 3 rings (SSSR count). The van der Waals surface area contributed by atoms with E-state index < -0.39 is 0 Å². The fourth-order valence-corrected chi connectivity index (χ4v) is 2.73. The van der Waals surface area contributed by atoms with E-state index in [1.54, 1.807) is 11.3 Å². The minimum Gasteiger partial charge on any atom is -0.464 e. The Morgan fingerprint density at radius 2 is 1.95 bits per heavy atom. The minimum atomic E-state index is 0.148. The van der Waals surface area contributed by atoms with Crippen molar-refractivity contribution in [2.75, 3.05) is 5.32 Å². The van der Waals surface area contributed by atoms with Gasteiger partial charge in [0.1, 0.15) is 16.5 Å². The SMILES string of the molecule is Cc1ccc(C(C)Nc2ccc(-c3nccs3)cc2)o1. The quantitative estimate of drug-likeness (QED) is 0.741. The number of hydrogen-bond donors (Lipinski definition) is 1. The number of rotatable bonds is 4. The number of thiazole rings is 1.